The lowest BCUT2D eigenvalue weighted by molar-refractivity contribution is -0.199. The Morgan fingerprint density at radius 1 is 0.690 bits per heavy atom. The summed E-state index contributed by atoms with van der Waals surface area (Å²) < 4.78 is 0. The number of carboxylic acids is 1. The lowest BCUT2D eigenvalue weighted by Crippen LogP contribution is -2.31. The van der Waals surface area contributed by atoms with Gasteiger partial charge in [0.15, 0.2) is 0 Å². The molecule has 0 fully saturated rings. The van der Waals surface area contributed by atoms with Crippen LogP contribution < -0.4 is 0 Å². The highest BCUT2D eigenvalue weighted by Crippen LogP contribution is 2.16. The summed E-state index contributed by atoms with van der Waals surface area (Å²) in [6, 6.07) is 0. The minimum atomic E-state index is -0.765. The largest absolute Gasteiger partial charge is 0.481 e. The molecule has 0 radical (unpaired) electrons. The molecule has 174 valence electrons. The highest BCUT2D eigenvalue weighted by Gasteiger charge is 2.16. The Balaban J connectivity index is 3.46. The normalized spacial score (nSPS) is 12.6. The van der Waals surface area contributed by atoms with Gasteiger partial charge in [-0.1, -0.05) is 124 Å². The standard InChI is InChI=1S/C25H51NO3/c1-4-7-8-9-10-11-12-13-14-15-16-17-18-19-20-21-22-24(23-25(27)28)29-26(5-2)6-3/h24H,4-23H2,1-3H3,(H,27,28). The van der Waals surface area contributed by atoms with Gasteiger partial charge in [-0.05, 0) is 6.42 Å². The van der Waals surface area contributed by atoms with E-state index in [0.717, 1.165) is 25.9 Å². The minimum absolute atomic E-state index is 0.106. The molecular weight excluding hydrogens is 362 g/mol. The number of hydrogen-bond acceptors (Lipinski definition) is 3. The van der Waals surface area contributed by atoms with Crippen LogP contribution in [0.4, 0.5) is 0 Å². The van der Waals surface area contributed by atoms with Crippen LogP contribution in [0.1, 0.15) is 136 Å². The van der Waals surface area contributed by atoms with Gasteiger partial charge in [0.2, 0.25) is 0 Å². The van der Waals surface area contributed by atoms with Crippen LogP contribution in [0.2, 0.25) is 0 Å². The molecular formula is C25H51NO3. The molecule has 29 heavy (non-hydrogen) atoms. The molecule has 0 rings (SSSR count). The smallest absolute Gasteiger partial charge is 0.306 e. The zero-order chi connectivity index (χ0) is 21.6. The van der Waals surface area contributed by atoms with E-state index in [0.29, 0.717) is 0 Å². The maximum atomic E-state index is 11.0. The lowest BCUT2D eigenvalue weighted by atomic mass is 10.0. The van der Waals surface area contributed by atoms with Crippen LogP contribution in [-0.4, -0.2) is 35.3 Å². The minimum Gasteiger partial charge on any atom is -0.481 e. The number of rotatable bonds is 23. The Hall–Kier alpha value is -0.610. The molecule has 0 saturated carbocycles. The van der Waals surface area contributed by atoms with Crippen molar-refractivity contribution in [2.75, 3.05) is 13.1 Å². The van der Waals surface area contributed by atoms with E-state index in [-0.39, 0.29) is 12.5 Å². The van der Waals surface area contributed by atoms with Crippen molar-refractivity contribution < 1.29 is 14.7 Å². The summed E-state index contributed by atoms with van der Waals surface area (Å²) in [4.78, 5) is 16.9. The predicted molar refractivity (Wildman–Crippen MR) is 124 cm³/mol. The fourth-order valence-electron chi connectivity index (χ4n) is 3.89. The van der Waals surface area contributed by atoms with Gasteiger partial charge in [0.25, 0.3) is 0 Å². The molecule has 0 bridgehead atoms. The number of nitrogens with zero attached hydrogens (tertiary/aromatic N) is 1. The second-order valence-corrected chi connectivity index (χ2v) is 8.53. The van der Waals surface area contributed by atoms with Crippen molar-refractivity contribution in [3.8, 4) is 0 Å². The van der Waals surface area contributed by atoms with E-state index in [1.165, 1.54) is 96.3 Å². The van der Waals surface area contributed by atoms with Crippen LogP contribution >= 0.6 is 0 Å². The van der Waals surface area contributed by atoms with E-state index in [2.05, 4.69) is 6.92 Å². The molecule has 0 aliphatic carbocycles. The van der Waals surface area contributed by atoms with Gasteiger partial charge in [-0.2, -0.15) is 5.06 Å². The van der Waals surface area contributed by atoms with Crippen molar-refractivity contribution in [2.45, 2.75) is 142 Å². The maximum Gasteiger partial charge on any atom is 0.306 e. The van der Waals surface area contributed by atoms with E-state index in [1.54, 1.807) is 0 Å². The van der Waals surface area contributed by atoms with Gasteiger partial charge >= 0.3 is 5.97 Å². The molecule has 0 heterocycles. The molecule has 0 aromatic carbocycles. The molecule has 1 unspecified atom stereocenters. The number of carboxylic acid groups (broad SMARTS) is 1. The fourth-order valence-corrected chi connectivity index (χ4v) is 3.89. The first-order valence-electron chi connectivity index (χ1n) is 12.8. The first-order valence-corrected chi connectivity index (χ1v) is 12.8. The van der Waals surface area contributed by atoms with Crippen molar-refractivity contribution in [3.05, 3.63) is 0 Å². The Morgan fingerprint density at radius 2 is 1.07 bits per heavy atom. The zero-order valence-electron chi connectivity index (χ0n) is 19.9. The molecule has 0 aromatic heterocycles. The molecule has 4 heteroatoms. The summed E-state index contributed by atoms with van der Waals surface area (Å²) in [6.45, 7) is 7.95. The predicted octanol–water partition coefficient (Wildman–Crippen LogP) is 7.75. The SMILES string of the molecule is CCCCCCCCCCCCCCCCCCC(CC(=O)O)ON(CC)CC. The van der Waals surface area contributed by atoms with Crippen molar-refractivity contribution in [1.82, 2.24) is 5.06 Å². The van der Waals surface area contributed by atoms with Crippen LogP contribution in [0.5, 0.6) is 0 Å². The van der Waals surface area contributed by atoms with Crippen molar-refractivity contribution in [2.24, 2.45) is 0 Å². The third-order valence-electron chi connectivity index (χ3n) is 5.79. The number of aliphatic carboxylic acids is 1. The first-order chi connectivity index (χ1) is 14.1. The Bertz CT molecular complexity index is 345. The zero-order valence-corrected chi connectivity index (χ0v) is 19.9. The monoisotopic (exact) mass is 413 g/mol. The van der Waals surface area contributed by atoms with E-state index in [4.69, 9.17) is 9.94 Å². The quantitative estimate of drug-likeness (QED) is 0.137. The van der Waals surface area contributed by atoms with Crippen LogP contribution in [0.15, 0.2) is 0 Å². The third-order valence-corrected chi connectivity index (χ3v) is 5.79. The maximum absolute atomic E-state index is 11.0. The topological polar surface area (TPSA) is 49.8 Å². The van der Waals surface area contributed by atoms with Crippen molar-refractivity contribution >= 4 is 5.97 Å². The van der Waals surface area contributed by atoms with Crippen LogP contribution in [-0.2, 0) is 9.63 Å². The summed E-state index contributed by atoms with van der Waals surface area (Å²) in [5, 5.41) is 10.9. The van der Waals surface area contributed by atoms with Gasteiger partial charge in [-0.15, -0.1) is 0 Å². The molecule has 4 nitrogen and oxygen atoms in total. The van der Waals surface area contributed by atoms with Gasteiger partial charge in [-0.25, -0.2) is 0 Å². The van der Waals surface area contributed by atoms with Crippen LogP contribution in [0.3, 0.4) is 0 Å². The van der Waals surface area contributed by atoms with Crippen LogP contribution in [0, 0.1) is 0 Å². The third kappa shape index (κ3) is 20.4. The Morgan fingerprint density at radius 3 is 1.41 bits per heavy atom. The summed E-state index contributed by atoms with van der Waals surface area (Å²) >= 11 is 0. The average Bonchev–Trinajstić information content (AvgIpc) is 2.70. The molecule has 0 amide bonds. The van der Waals surface area contributed by atoms with Gasteiger partial charge in [0, 0.05) is 13.1 Å². The van der Waals surface area contributed by atoms with Gasteiger partial charge in [0.1, 0.15) is 0 Å². The van der Waals surface area contributed by atoms with Crippen molar-refractivity contribution in [3.63, 3.8) is 0 Å². The number of hydrogen-bond donors (Lipinski definition) is 1. The molecule has 0 spiro atoms. The molecule has 0 aliphatic rings. The molecule has 1 atom stereocenters. The summed E-state index contributed by atoms with van der Waals surface area (Å²) in [5.41, 5.74) is 0. The van der Waals surface area contributed by atoms with E-state index >= 15 is 0 Å². The second-order valence-electron chi connectivity index (χ2n) is 8.53. The van der Waals surface area contributed by atoms with Crippen LogP contribution in [0.25, 0.3) is 0 Å². The molecule has 0 saturated heterocycles. The first kappa shape index (κ1) is 28.4. The van der Waals surface area contributed by atoms with Gasteiger partial charge in [0.05, 0.1) is 12.5 Å². The van der Waals surface area contributed by atoms with E-state index in [9.17, 15) is 4.79 Å². The van der Waals surface area contributed by atoms with Gasteiger partial charge < -0.3 is 5.11 Å². The fraction of sp³-hybridized carbons (Fsp3) is 0.960. The summed E-state index contributed by atoms with van der Waals surface area (Å²) in [5.74, 6) is -0.765. The number of hydroxylamine groups is 2. The molecule has 0 aromatic rings. The van der Waals surface area contributed by atoms with Crippen molar-refractivity contribution in [1.29, 1.82) is 0 Å². The van der Waals surface area contributed by atoms with E-state index in [1.807, 2.05) is 18.9 Å². The highest BCUT2D eigenvalue weighted by molar-refractivity contribution is 5.67. The van der Waals surface area contributed by atoms with E-state index < -0.39 is 5.97 Å². The average molecular weight is 414 g/mol. The second kappa shape index (κ2) is 22.1. The lowest BCUT2D eigenvalue weighted by Gasteiger charge is -2.24. The number of unbranched alkanes of at least 4 members (excludes halogenated alkanes) is 15. The van der Waals surface area contributed by atoms with Gasteiger partial charge in [-0.3, -0.25) is 9.63 Å². The highest BCUT2D eigenvalue weighted by atomic mass is 16.7. The Kier molecular flexibility index (Phi) is 21.6. The molecule has 1 N–H and O–H groups in total. The summed E-state index contributed by atoms with van der Waals surface area (Å²) in [6.07, 6.45) is 22.5. The Labute approximate surface area is 181 Å². The molecule has 0 aliphatic heterocycles. The summed E-state index contributed by atoms with van der Waals surface area (Å²) in [7, 11) is 0. The number of carbonyl (C=O) groups is 1.